The van der Waals surface area contributed by atoms with E-state index in [0.29, 0.717) is 35.2 Å². The Bertz CT molecular complexity index is 1100. The van der Waals surface area contributed by atoms with E-state index in [9.17, 15) is 9.90 Å². The molecule has 28 heavy (non-hydrogen) atoms. The molecule has 0 saturated carbocycles. The Morgan fingerprint density at radius 2 is 2.04 bits per heavy atom. The lowest BCUT2D eigenvalue weighted by molar-refractivity contribution is 0.432. The highest BCUT2D eigenvalue weighted by Gasteiger charge is 2.26. The molecule has 0 bridgehead atoms. The molecule has 0 aliphatic carbocycles. The Morgan fingerprint density at radius 1 is 1.21 bits per heavy atom. The van der Waals surface area contributed by atoms with Crippen LogP contribution in [0.15, 0.2) is 61.1 Å². The fourth-order valence-electron chi connectivity index (χ4n) is 3.23. The number of aromatic hydroxyl groups is 1. The number of halogens is 1. The summed E-state index contributed by atoms with van der Waals surface area (Å²) in [6.45, 7) is 2.18. The van der Waals surface area contributed by atoms with Crippen LogP contribution in [0, 0.1) is 6.92 Å². The van der Waals surface area contributed by atoms with Gasteiger partial charge >= 0.3 is 5.63 Å². The summed E-state index contributed by atoms with van der Waals surface area (Å²) in [6, 6.07) is 12.8. The summed E-state index contributed by atoms with van der Waals surface area (Å²) in [4.78, 5) is 16.8. The molecular formula is C21H18ClNO4S. The molecule has 0 saturated heterocycles. The van der Waals surface area contributed by atoms with Crippen LogP contribution in [-0.2, 0) is 0 Å². The van der Waals surface area contributed by atoms with Crippen LogP contribution in [0.3, 0.4) is 0 Å². The number of benzene rings is 1. The molecule has 3 aromatic rings. The van der Waals surface area contributed by atoms with Crippen molar-refractivity contribution in [3.8, 4) is 17.1 Å². The van der Waals surface area contributed by atoms with Gasteiger partial charge in [0.25, 0.3) is 0 Å². The second kappa shape index (κ2) is 7.89. The van der Waals surface area contributed by atoms with Gasteiger partial charge in [-0.15, -0.1) is 11.8 Å². The van der Waals surface area contributed by atoms with Crippen molar-refractivity contribution in [1.82, 2.24) is 0 Å². The van der Waals surface area contributed by atoms with E-state index in [1.807, 2.05) is 36.4 Å². The zero-order chi connectivity index (χ0) is 19.7. The molecule has 0 amide bonds. The Balaban J connectivity index is 1.65. The van der Waals surface area contributed by atoms with Crippen LogP contribution < -0.4 is 5.63 Å². The molecule has 0 fully saturated rings. The van der Waals surface area contributed by atoms with E-state index < -0.39 is 5.63 Å². The fraction of sp³-hybridized carbons (Fsp3) is 0.238. The number of aryl methyl sites for hydroxylation is 1. The quantitative estimate of drug-likeness (QED) is 0.633. The summed E-state index contributed by atoms with van der Waals surface area (Å²) >= 11 is 7.98. The van der Waals surface area contributed by atoms with E-state index in [-0.39, 0.29) is 16.6 Å². The van der Waals surface area contributed by atoms with Crippen molar-refractivity contribution in [2.75, 3.05) is 12.3 Å². The average Bonchev–Trinajstić information content (AvgIpc) is 3.01. The fourth-order valence-corrected chi connectivity index (χ4v) is 4.51. The lowest BCUT2D eigenvalue weighted by Crippen LogP contribution is -2.17. The molecule has 4 rings (SSSR count). The van der Waals surface area contributed by atoms with Gasteiger partial charge in [0.1, 0.15) is 28.6 Å². The smallest absolute Gasteiger partial charge is 0.348 e. The highest BCUT2D eigenvalue weighted by Crippen LogP contribution is 2.39. The second-order valence-corrected chi connectivity index (χ2v) is 8.20. The van der Waals surface area contributed by atoms with Gasteiger partial charge < -0.3 is 13.9 Å². The molecule has 1 atom stereocenters. The molecule has 1 N–H and O–H groups in total. The van der Waals surface area contributed by atoms with Gasteiger partial charge in [-0.05, 0) is 31.2 Å². The highest BCUT2D eigenvalue weighted by atomic mass is 35.5. The molecule has 5 nitrogen and oxygen atoms in total. The third kappa shape index (κ3) is 3.75. The first-order chi connectivity index (χ1) is 13.5. The van der Waals surface area contributed by atoms with Crippen molar-refractivity contribution in [3.05, 3.63) is 75.0 Å². The summed E-state index contributed by atoms with van der Waals surface area (Å²) in [7, 11) is 0. The maximum Gasteiger partial charge on any atom is 0.348 e. The Kier molecular flexibility index (Phi) is 5.33. The highest BCUT2D eigenvalue weighted by molar-refractivity contribution is 7.99. The third-order valence-electron chi connectivity index (χ3n) is 4.52. The van der Waals surface area contributed by atoms with Crippen LogP contribution in [0.2, 0.25) is 5.02 Å². The van der Waals surface area contributed by atoms with Crippen molar-refractivity contribution in [1.29, 1.82) is 0 Å². The number of hydrogen-bond acceptors (Lipinski definition) is 6. The summed E-state index contributed by atoms with van der Waals surface area (Å²) in [5.41, 5.74) is 0.936. The van der Waals surface area contributed by atoms with Crippen molar-refractivity contribution >= 4 is 29.1 Å². The summed E-state index contributed by atoms with van der Waals surface area (Å²) in [5, 5.41) is 10.9. The normalized spacial score (nSPS) is 17.2. The third-order valence-corrected chi connectivity index (χ3v) is 6.07. The van der Waals surface area contributed by atoms with Gasteiger partial charge in [0, 0.05) is 30.3 Å². The second-order valence-electron chi connectivity index (χ2n) is 6.48. The van der Waals surface area contributed by atoms with E-state index in [0.717, 1.165) is 17.1 Å². The molecule has 0 radical (unpaired) electrons. The van der Waals surface area contributed by atoms with Crippen molar-refractivity contribution in [2.24, 2.45) is 4.99 Å². The summed E-state index contributed by atoms with van der Waals surface area (Å²) < 4.78 is 11.2. The minimum atomic E-state index is -0.571. The predicted octanol–water partition coefficient (Wildman–Crippen LogP) is 5.23. The zero-order valence-electron chi connectivity index (χ0n) is 15.1. The van der Waals surface area contributed by atoms with Crippen molar-refractivity contribution in [2.45, 2.75) is 18.6 Å². The molecule has 7 heteroatoms. The Labute approximate surface area is 171 Å². The van der Waals surface area contributed by atoms with Gasteiger partial charge in [-0.1, -0.05) is 23.7 Å². The topological polar surface area (TPSA) is 75.9 Å². The number of furan rings is 1. The lowest BCUT2D eigenvalue weighted by atomic mass is 10.0. The minimum Gasteiger partial charge on any atom is -0.507 e. The molecule has 1 aliphatic heterocycles. The maximum atomic E-state index is 12.3. The number of hydrogen-bond donors (Lipinski definition) is 1. The first kappa shape index (κ1) is 18.9. The lowest BCUT2D eigenvalue weighted by Gasteiger charge is -2.13. The molecule has 1 aromatic carbocycles. The molecule has 144 valence electrons. The molecular weight excluding hydrogens is 398 g/mol. The van der Waals surface area contributed by atoms with Crippen LogP contribution in [0.4, 0.5) is 0 Å². The van der Waals surface area contributed by atoms with E-state index in [1.165, 1.54) is 6.07 Å². The van der Waals surface area contributed by atoms with Crippen LogP contribution in [0.5, 0.6) is 5.75 Å². The van der Waals surface area contributed by atoms with Gasteiger partial charge in [0.2, 0.25) is 0 Å². The largest absolute Gasteiger partial charge is 0.507 e. The van der Waals surface area contributed by atoms with E-state index >= 15 is 0 Å². The number of aliphatic imine (C=N–C) groups is 1. The number of thioether (sulfide) groups is 1. The molecule has 1 unspecified atom stereocenters. The van der Waals surface area contributed by atoms with Crippen LogP contribution in [0.25, 0.3) is 11.3 Å². The van der Waals surface area contributed by atoms with Gasteiger partial charge in [-0.2, -0.15) is 0 Å². The molecule has 0 spiro atoms. The monoisotopic (exact) mass is 415 g/mol. The predicted molar refractivity (Wildman–Crippen MR) is 112 cm³/mol. The Morgan fingerprint density at radius 3 is 2.82 bits per heavy atom. The van der Waals surface area contributed by atoms with E-state index in [1.54, 1.807) is 18.7 Å². The molecule has 3 heterocycles. The van der Waals surface area contributed by atoms with Gasteiger partial charge in [-0.25, -0.2) is 4.79 Å². The standard InChI is InChI=1S/C21H18ClNO4S/c1-12-10-16(24)20(21(25)26-12)15-11-19(28-9-8-23-15)18-7-6-17(27-18)13-4-2-3-5-14(13)22/h2-7,10,19,24H,8-9,11H2,1H3. The van der Waals surface area contributed by atoms with Crippen LogP contribution in [-0.4, -0.2) is 23.1 Å². The van der Waals surface area contributed by atoms with Gasteiger partial charge in [0.15, 0.2) is 0 Å². The van der Waals surface area contributed by atoms with E-state index in [2.05, 4.69) is 4.99 Å². The van der Waals surface area contributed by atoms with Crippen LogP contribution in [0.1, 0.15) is 28.8 Å². The number of nitrogens with zero attached hydrogens (tertiary/aromatic N) is 1. The number of rotatable bonds is 3. The summed E-state index contributed by atoms with van der Waals surface area (Å²) in [6.07, 6.45) is 0.460. The first-order valence-corrected chi connectivity index (χ1v) is 10.3. The van der Waals surface area contributed by atoms with Crippen LogP contribution >= 0.6 is 23.4 Å². The first-order valence-electron chi connectivity index (χ1n) is 8.86. The SMILES string of the molecule is Cc1cc(O)c(C2=NCCSC(c3ccc(-c4ccccc4Cl)o3)C2)c(=O)o1. The van der Waals surface area contributed by atoms with E-state index in [4.69, 9.17) is 20.4 Å². The zero-order valence-corrected chi connectivity index (χ0v) is 16.7. The maximum absolute atomic E-state index is 12.3. The minimum absolute atomic E-state index is 0.0300. The Hall–Kier alpha value is -2.44. The van der Waals surface area contributed by atoms with Gasteiger partial charge in [-0.3, -0.25) is 4.99 Å². The molecule has 1 aliphatic rings. The van der Waals surface area contributed by atoms with Crippen molar-refractivity contribution < 1.29 is 13.9 Å². The summed E-state index contributed by atoms with van der Waals surface area (Å²) in [5.74, 6) is 2.53. The molecule has 2 aromatic heterocycles. The van der Waals surface area contributed by atoms with Crippen molar-refractivity contribution in [3.63, 3.8) is 0 Å². The average molecular weight is 416 g/mol. The van der Waals surface area contributed by atoms with Gasteiger partial charge in [0.05, 0.1) is 16.0 Å².